The van der Waals surface area contributed by atoms with E-state index in [2.05, 4.69) is 21.9 Å². The van der Waals surface area contributed by atoms with Gasteiger partial charge in [0.15, 0.2) is 5.78 Å². The van der Waals surface area contributed by atoms with E-state index in [0.29, 0.717) is 25.1 Å². The van der Waals surface area contributed by atoms with Gasteiger partial charge in [0.2, 0.25) is 11.8 Å². The summed E-state index contributed by atoms with van der Waals surface area (Å²) in [5.41, 5.74) is 2.13. The molecule has 2 atom stereocenters. The zero-order valence-corrected chi connectivity index (χ0v) is 22.4. The first-order valence-corrected chi connectivity index (χ1v) is 13.0. The van der Waals surface area contributed by atoms with Crippen molar-refractivity contribution in [1.82, 2.24) is 20.9 Å². The van der Waals surface area contributed by atoms with E-state index in [-0.39, 0.29) is 29.4 Å². The average molecular weight is 509 g/mol. The van der Waals surface area contributed by atoms with Crippen molar-refractivity contribution in [1.29, 1.82) is 0 Å². The van der Waals surface area contributed by atoms with Gasteiger partial charge in [-0.1, -0.05) is 56.4 Å². The number of nitrogens with zero attached hydrogens (tertiary/aromatic N) is 1. The summed E-state index contributed by atoms with van der Waals surface area (Å²) >= 11 is 0. The minimum absolute atomic E-state index is 0.0659. The summed E-state index contributed by atoms with van der Waals surface area (Å²) in [6.45, 7) is 3.52. The lowest BCUT2D eigenvalue weighted by atomic mass is 9.83. The molecule has 0 spiro atoms. The van der Waals surface area contributed by atoms with E-state index >= 15 is 0 Å². The Kier molecular flexibility index (Phi) is 11.9. The summed E-state index contributed by atoms with van der Waals surface area (Å²) in [6, 6.07) is 6.36. The number of Topliss-reactive ketones (excluding diaryl/α,β-unsaturated/α-hetero) is 1. The third-order valence-corrected chi connectivity index (χ3v) is 6.70. The fraction of sp³-hybridized carbons (Fsp3) is 0.517. The largest absolute Gasteiger partial charge is 0.373 e. The molecule has 2 rings (SSSR count). The lowest BCUT2D eigenvalue weighted by Crippen LogP contribution is -2.52. The molecule has 0 aliphatic heterocycles. The van der Waals surface area contributed by atoms with Crippen molar-refractivity contribution >= 4 is 23.5 Å². The van der Waals surface area contributed by atoms with Crippen LogP contribution in [0, 0.1) is 18.3 Å². The normalized spacial score (nSPS) is 15.6. The SMILES string of the molecule is C#C/C=C(/C(=O)NC(C(=O)NCc1ccc(CC(NC(=O)CC)C(C)=O)cc1)C1CCCCC1)N(C)C. The third kappa shape index (κ3) is 9.41. The molecule has 0 bridgehead atoms. The lowest BCUT2D eigenvalue weighted by molar-refractivity contribution is -0.129. The van der Waals surface area contributed by atoms with Crippen LogP contribution in [0.1, 0.15) is 63.5 Å². The summed E-state index contributed by atoms with van der Waals surface area (Å²) in [6.07, 6.45) is 12.5. The van der Waals surface area contributed by atoms with Crippen LogP contribution in [0.25, 0.3) is 0 Å². The van der Waals surface area contributed by atoms with Crippen molar-refractivity contribution in [3.05, 3.63) is 47.2 Å². The predicted molar refractivity (Wildman–Crippen MR) is 144 cm³/mol. The molecule has 37 heavy (non-hydrogen) atoms. The molecule has 2 unspecified atom stereocenters. The Morgan fingerprint density at radius 1 is 1.05 bits per heavy atom. The summed E-state index contributed by atoms with van der Waals surface area (Å²) < 4.78 is 0. The van der Waals surface area contributed by atoms with Crippen LogP contribution in [-0.4, -0.2) is 54.6 Å². The summed E-state index contributed by atoms with van der Waals surface area (Å²) in [7, 11) is 3.47. The zero-order chi connectivity index (χ0) is 27.4. The molecule has 1 aliphatic rings. The average Bonchev–Trinajstić information content (AvgIpc) is 2.89. The molecule has 1 aliphatic carbocycles. The first kappa shape index (κ1) is 29.6. The molecule has 0 aromatic heterocycles. The number of carbonyl (C=O) groups excluding carboxylic acids is 4. The van der Waals surface area contributed by atoms with Gasteiger partial charge in [0, 0.05) is 33.1 Å². The van der Waals surface area contributed by atoms with Gasteiger partial charge in [-0.25, -0.2) is 0 Å². The summed E-state index contributed by atoms with van der Waals surface area (Å²) in [5.74, 6) is 1.61. The van der Waals surface area contributed by atoms with Gasteiger partial charge in [0.1, 0.15) is 11.7 Å². The zero-order valence-electron chi connectivity index (χ0n) is 22.4. The molecule has 0 radical (unpaired) electrons. The van der Waals surface area contributed by atoms with Crippen molar-refractivity contribution < 1.29 is 19.2 Å². The summed E-state index contributed by atoms with van der Waals surface area (Å²) in [4.78, 5) is 51.4. The Hall–Kier alpha value is -3.60. The van der Waals surface area contributed by atoms with Gasteiger partial charge in [-0.3, -0.25) is 19.2 Å². The van der Waals surface area contributed by atoms with Crippen LogP contribution < -0.4 is 16.0 Å². The minimum Gasteiger partial charge on any atom is -0.373 e. The summed E-state index contributed by atoms with van der Waals surface area (Å²) in [5, 5.41) is 8.66. The van der Waals surface area contributed by atoms with Crippen LogP contribution in [-0.2, 0) is 32.1 Å². The number of amides is 3. The van der Waals surface area contributed by atoms with Gasteiger partial charge in [0.05, 0.1) is 6.04 Å². The van der Waals surface area contributed by atoms with Crippen LogP contribution in [0.3, 0.4) is 0 Å². The van der Waals surface area contributed by atoms with Crippen molar-refractivity contribution in [2.75, 3.05) is 14.1 Å². The second kappa shape index (κ2) is 14.8. The maximum Gasteiger partial charge on any atom is 0.268 e. The van der Waals surface area contributed by atoms with Gasteiger partial charge in [0.25, 0.3) is 5.91 Å². The van der Waals surface area contributed by atoms with Crippen molar-refractivity contribution in [2.24, 2.45) is 5.92 Å². The number of nitrogens with one attached hydrogen (secondary N) is 3. The monoisotopic (exact) mass is 508 g/mol. The number of hydrogen-bond donors (Lipinski definition) is 3. The van der Waals surface area contributed by atoms with Crippen LogP contribution in [0.15, 0.2) is 36.0 Å². The predicted octanol–water partition coefficient (Wildman–Crippen LogP) is 2.47. The Morgan fingerprint density at radius 2 is 1.68 bits per heavy atom. The maximum atomic E-state index is 13.2. The smallest absolute Gasteiger partial charge is 0.268 e. The molecule has 0 heterocycles. The molecule has 1 fully saturated rings. The number of ketones is 1. The molecule has 8 nitrogen and oxygen atoms in total. The highest BCUT2D eigenvalue weighted by atomic mass is 16.2. The molecule has 0 saturated heterocycles. The van der Waals surface area contributed by atoms with E-state index < -0.39 is 12.1 Å². The molecule has 200 valence electrons. The minimum atomic E-state index is -0.647. The second-order valence-electron chi connectivity index (χ2n) is 9.76. The van der Waals surface area contributed by atoms with Crippen LogP contribution in [0.2, 0.25) is 0 Å². The van der Waals surface area contributed by atoms with Gasteiger partial charge in [-0.2, -0.15) is 0 Å². The number of benzene rings is 1. The number of terminal acetylenes is 1. The van der Waals surface area contributed by atoms with E-state index in [0.717, 1.165) is 43.2 Å². The highest BCUT2D eigenvalue weighted by Gasteiger charge is 2.31. The highest BCUT2D eigenvalue weighted by molar-refractivity contribution is 5.97. The van der Waals surface area contributed by atoms with Crippen LogP contribution in [0.5, 0.6) is 0 Å². The van der Waals surface area contributed by atoms with Gasteiger partial charge >= 0.3 is 0 Å². The standard InChI is InChI=1S/C29H40N4O4/c1-6-11-25(33(4)5)28(36)32-27(23-12-9-8-10-13-23)29(37)30-19-22-16-14-21(15-17-22)18-24(20(3)34)31-26(35)7-2/h1,11,14-17,23-24,27H,7-10,12-13,18-19H2,2-5H3,(H,30,37)(H,31,35)(H,32,36)/b25-11-. The first-order valence-electron chi connectivity index (χ1n) is 13.0. The number of allylic oxidation sites excluding steroid dienone is 1. The van der Waals surface area contributed by atoms with Gasteiger partial charge in [-0.05, 0) is 43.2 Å². The third-order valence-electron chi connectivity index (χ3n) is 6.70. The molecular weight excluding hydrogens is 468 g/mol. The quantitative estimate of drug-likeness (QED) is 0.297. The van der Waals surface area contributed by atoms with Crippen molar-refractivity contribution in [3.63, 3.8) is 0 Å². The Labute approximate surface area is 220 Å². The highest BCUT2D eigenvalue weighted by Crippen LogP contribution is 2.27. The van der Waals surface area contributed by atoms with E-state index in [1.807, 2.05) is 24.3 Å². The van der Waals surface area contributed by atoms with E-state index in [1.165, 1.54) is 13.0 Å². The molecule has 3 N–H and O–H groups in total. The molecular formula is C29H40N4O4. The molecule has 3 amide bonds. The Balaban J connectivity index is 2.05. The number of hydrogen-bond acceptors (Lipinski definition) is 5. The second-order valence-corrected chi connectivity index (χ2v) is 9.76. The number of rotatable bonds is 12. The molecule has 1 saturated carbocycles. The van der Waals surface area contributed by atoms with Gasteiger partial charge < -0.3 is 20.9 Å². The molecule has 8 heteroatoms. The lowest BCUT2D eigenvalue weighted by Gasteiger charge is -2.31. The maximum absolute atomic E-state index is 13.2. The first-order chi connectivity index (χ1) is 17.7. The Bertz CT molecular complexity index is 1020. The van der Waals surface area contributed by atoms with Gasteiger partial charge in [-0.15, -0.1) is 6.42 Å². The van der Waals surface area contributed by atoms with Crippen LogP contribution >= 0.6 is 0 Å². The number of carbonyl (C=O) groups is 4. The van der Waals surface area contributed by atoms with Crippen molar-refractivity contribution in [3.8, 4) is 12.3 Å². The number of likely N-dealkylation sites (N-methyl/N-ethyl adjacent to an activating group) is 1. The topological polar surface area (TPSA) is 108 Å². The van der Waals surface area contributed by atoms with E-state index in [9.17, 15) is 19.2 Å². The van der Waals surface area contributed by atoms with E-state index in [1.54, 1.807) is 25.9 Å². The molecule has 1 aromatic rings. The molecule has 1 aromatic carbocycles. The van der Waals surface area contributed by atoms with Crippen LogP contribution in [0.4, 0.5) is 0 Å². The Morgan fingerprint density at radius 3 is 2.22 bits per heavy atom. The fourth-order valence-corrected chi connectivity index (χ4v) is 4.48. The van der Waals surface area contributed by atoms with E-state index in [4.69, 9.17) is 6.42 Å². The van der Waals surface area contributed by atoms with Crippen molar-refractivity contribution in [2.45, 2.75) is 77.4 Å². The fourth-order valence-electron chi connectivity index (χ4n) is 4.48.